The molecule has 1 atom stereocenters. The summed E-state index contributed by atoms with van der Waals surface area (Å²) in [7, 11) is 0. The lowest BCUT2D eigenvalue weighted by Gasteiger charge is -2.10. The van der Waals surface area contributed by atoms with Gasteiger partial charge in [0.15, 0.2) is 5.76 Å². The molecule has 5 heteroatoms. The first-order valence-electron chi connectivity index (χ1n) is 8.47. The number of aromatic nitrogens is 3. The van der Waals surface area contributed by atoms with Gasteiger partial charge in [0.25, 0.3) is 0 Å². The third-order valence-corrected chi connectivity index (χ3v) is 4.50. The molecule has 1 N–H and O–H groups in total. The third kappa shape index (κ3) is 2.99. The molecule has 0 saturated carbocycles. The fourth-order valence-corrected chi connectivity index (χ4v) is 3.29. The van der Waals surface area contributed by atoms with E-state index in [0.29, 0.717) is 11.7 Å². The SMILES string of the molecule is Cc1cccc(Cn2nc(-c3ccc(C)o3)nc2C2CCNC2)c1. The van der Waals surface area contributed by atoms with E-state index >= 15 is 0 Å². The van der Waals surface area contributed by atoms with Gasteiger partial charge in [-0.3, -0.25) is 0 Å². The van der Waals surface area contributed by atoms with Gasteiger partial charge in [0, 0.05) is 12.5 Å². The maximum Gasteiger partial charge on any atom is 0.217 e. The maximum atomic E-state index is 5.72. The van der Waals surface area contributed by atoms with Gasteiger partial charge in [0.1, 0.15) is 11.6 Å². The lowest BCUT2D eigenvalue weighted by atomic mass is 10.1. The maximum absolute atomic E-state index is 5.72. The Labute approximate surface area is 141 Å². The van der Waals surface area contributed by atoms with Crippen molar-refractivity contribution in [3.8, 4) is 11.6 Å². The van der Waals surface area contributed by atoms with Gasteiger partial charge < -0.3 is 9.73 Å². The van der Waals surface area contributed by atoms with Crippen LogP contribution in [0.2, 0.25) is 0 Å². The summed E-state index contributed by atoms with van der Waals surface area (Å²) >= 11 is 0. The second-order valence-electron chi connectivity index (χ2n) is 6.54. The summed E-state index contributed by atoms with van der Waals surface area (Å²) in [6, 6.07) is 12.4. The van der Waals surface area contributed by atoms with Crippen molar-refractivity contribution in [2.45, 2.75) is 32.7 Å². The quantitative estimate of drug-likeness (QED) is 0.801. The van der Waals surface area contributed by atoms with E-state index in [1.165, 1.54) is 11.1 Å². The molecule has 5 nitrogen and oxygen atoms in total. The third-order valence-electron chi connectivity index (χ3n) is 4.50. The predicted molar refractivity (Wildman–Crippen MR) is 93.0 cm³/mol. The summed E-state index contributed by atoms with van der Waals surface area (Å²) in [6.07, 6.45) is 1.10. The van der Waals surface area contributed by atoms with Crippen LogP contribution in [0.25, 0.3) is 11.6 Å². The molecule has 124 valence electrons. The number of furan rings is 1. The Morgan fingerprint density at radius 1 is 1.25 bits per heavy atom. The highest BCUT2D eigenvalue weighted by Crippen LogP contribution is 2.26. The van der Waals surface area contributed by atoms with Crippen molar-refractivity contribution in [2.75, 3.05) is 13.1 Å². The zero-order valence-corrected chi connectivity index (χ0v) is 14.1. The van der Waals surface area contributed by atoms with Gasteiger partial charge in [-0.05, 0) is 44.5 Å². The first kappa shape index (κ1) is 15.1. The van der Waals surface area contributed by atoms with Crippen LogP contribution >= 0.6 is 0 Å². The Hall–Kier alpha value is -2.40. The minimum absolute atomic E-state index is 0.409. The minimum Gasteiger partial charge on any atom is -0.458 e. The summed E-state index contributed by atoms with van der Waals surface area (Å²) in [5.41, 5.74) is 2.51. The van der Waals surface area contributed by atoms with Crippen molar-refractivity contribution in [1.82, 2.24) is 20.1 Å². The van der Waals surface area contributed by atoms with Gasteiger partial charge in [-0.2, -0.15) is 0 Å². The van der Waals surface area contributed by atoms with E-state index in [1.54, 1.807) is 0 Å². The average Bonchev–Trinajstić information content (AvgIpc) is 3.27. The molecule has 1 aromatic carbocycles. The van der Waals surface area contributed by atoms with Crippen LogP contribution in [0.3, 0.4) is 0 Å². The summed E-state index contributed by atoms with van der Waals surface area (Å²) in [4.78, 5) is 4.81. The second-order valence-corrected chi connectivity index (χ2v) is 6.54. The van der Waals surface area contributed by atoms with Crippen LogP contribution in [0.1, 0.15) is 35.1 Å². The summed E-state index contributed by atoms with van der Waals surface area (Å²) < 4.78 is 7.76. The molecule has 4 rings (SSSR count). The van der Waals surface area contributed by atoms with E-state index in [0.717, 1.165) is 43.4 Å². The molecule has 1 saturated heterocycles. The Kier molecular flexibility index (Phi) is 3.94. The smallest absolute Gasteiger partial charge is 0.217 e. The molecule has 1 unspecified atom stereocenters. The van der Waals surface area contributed by atoms with Crippen LogP contribution in [0.15, 0.2) is 40.8 Å². The largest absolute Gasteiger partial charge is 0.458 e. The molecule has 2 aromatic heterocycles. The van der Waals surface area contributed by atoms with E-state index in [1.807, 2.05) is 23.7 Å². The molecule has 24 heavy (non-hydrogen) atoms. The summed E-state index contributed by atoms with van der Waals surface area (Å²) in [5, 5.41) is 8.17. The number of nitrogens with one attached hydrogen (secondary N) is 1. The summed E-state index contributed by atoms with van der Waals surface area (Å²) in [5.74, 6) is 3.75. The first-order chi connectivity index (χ1) is 11.7. The molecule has 3 aromatic rings. The van der Waals surface area contributed by atoms with E-state index in [9.17, 15) is 0 Å². The Balaban J connectivity index is 1.71. The number of hydrogen-bond acceptors (Lipinski definition) is 4. The molecule has 1 aliphatic heterocycles. The van der Waals surface area contributed by atoms with Crippen LogP contribution in [0, 0.1) is 13.8 Å². The molecule has 0 aliphatic carbocycles. The molecular weight excluding hydrogens is 300 g/mol. The van der Waals surface area contributed by atoms with E-state index in [4.69, 9.17) is 14.5 Å². The van der Waals surface area contributed by atoms with E-state index < -0.39 is 0 Å². The van der Waals surface area contributed by atoms with E-state index in [2.05, 4.69) is 36.5 Å². The van der Waals surface area contributed by atoms with Crippen molar-refractivity contribution in [3.05, 3.63) is 59.1 Å². The zero-order chi connectivity index (χ0) is 16.5. The van der Waals surface area contributed by atoms with Gasteiger partial charge in [-0.25, -0.2) is 9.67 Å². The number of hydrogen-bond donors (Lipinski definition) is 1. The van der Waals surface area contributed by atoms with Crippen LogP contribution < -0.4 is 5.32 Å². The van der Waals surface area contributed by atoms with Crippen molar-refractivity contribution in [3.63, 3.8) is 0 Å². The molecule has 3 heterocycles. The molecule has 0 bridgehead atoms. The van der Waals surface area contributed by atoms with Crippen LogP contribution in [-0.4, -0.2) is 27.9 Å². The molecule has 1 aliphatic rings. The topological polar surface area (TPSA) is 55.9 Å². The predicted octanol–water partition coefficient (Wildman–Crippen LogP) is 3.28. The fraction of sp³-hybridized carbons (Fsp3) is 0.368. The van der Waals surface area contributed by atoms with Crippen molar-refractivity contribution in [1.29, 1.82) is 0 Å². The van der Waals surface area contributed by atoms with Gasteiger partial charge in [0.2, 0.25) is 5.82 Å². The van der Waals surface area contributed by atoms with Gasteiger partial charge >= 0.3 is 0 Å². The van der Waals surface area contributed by atoms with Crippen molar-refractivity contribution in [2.24, 2.45) is 0 Å². The Bertz CT molecular complexity index is 843. The first-order valence-corrected chi connectivity index (χ1v) is 8.47. The molecule has 0 amide bonds. The van der Waals surface area contributed by atoms with Crippen LogP contribution in [0.5, 0.6) is 0 Å². The standard InChI is InChI=1S/C19H22N4O/c1-13-4-3-5-15(10-13)12-23-19(16-8-9-20-11-16)21-18(22-23)17-7-6-14(2)24-17/h3-7,10,16,20H,8-9,11-12H2,1-2H3. The van der Waals surface area contributed by atoms with Crippen LogP contribution in [0.4, 0.5) is 0 Å². The Morgan fingerprint density at radius 3 is 2.88 bits per heavy atom. The van der Waals surface area contributed by atoms with Gasteiger partial charge in [0.05, 0.1) is 6.54 Å². The van der Waals surface area contributed by atoms with Gasteiger partial charge in [-0.15, -0.1) is 5.10 Å². The molecule has 1 fully saturated rings. The normalized spacial score (nSPS) is 17.5. The number of aryl methyl sites for hydroxylation is 2. The average molecular weight is 322 g/mol. The monoisotopic (exact) mass is 322 g/mol. The lowest BCUT2D eigenvalue weighted by molar-refractivity contribution is 0.542. The minimum atomic E-state index is 0.409. The molecular formula is C19H22N4O. The van der Waals surface area contributed by atoms with Gasteiger partial charge in [-0.1, -0.05) is 29.8 Å². The number of benzene rings is 1. The van der Waals surface area contributed by atoms with Crippen molar-refractivity contribution < 1.29 is 4.42 Å². The van der Waals surface area contributed by atoms with Crippen molar-refractivity contribution >= 4 is 0 Å². The van der Waals surface area contributed by atoms with E-state index in [-0.39, 0.29) is 0 Å². The summed E-state index contributed by atoms with van der Waals surface area (Å²) in [6.45, 7) is 6.79. The zero-order valence-electron chi connectivity index (χ0n) is 14.1. The molecule has 0 radical (unpaired) electrons. The highest BCUT2D eigenvalue weighted by atomic mass is 16.3. The lowest BCUT2D eigenvalue weighted by Crippen LogP contribution is -2.14. The fourth-order valence-electron chi connectivity index (χ4n) is 3.29. The number of rotatable bonds is 4. The number of nitrogens with zero attached hydrogens (tertiary/aromatic N) is 3. The highest BCUT2D eigenvalue weighted by molar-refractivity contribution is 5.46. The molecule has 0 spiro atoms. The Morgan fingerprint density at radius 2 is 2.17 bits per heavy atom. The highest BCUT2D eigenvalue weighted by Gasteiger charge is 2.24. The van der Waals surface area contributed by atoms with Crippen LogP contribution in [-0.2, 0) is 6.54 Å². The second kappa shape index (κ2) is 6.24.